The van der Waals surface area contributed by atoms with Crippen LogP contribution in [0.4, 0.5) is 5.69 Å². The third kappa shape index (κ3) is 3.51. The lowest BCUT2D eigenvalue weighted by Crippen LogP contribution is -2.36. The van der Waals surface area contributed by atoms with Gasteiger partial charge in [0.15, 0.2) is 0 Å². The maximum atomic E-state index is 12.1. The van der Waals surface area contributed by atoms with Crippen molar-refractivity contribution in [3.8, 4) is 0 Å². The van der Waals surface area contributed by atoms with Gasteiger partial charge in [-0.3, -0.25) is 14.6 Å². The molecule has 2 heterocycles. The number of nitrogens with zero attached hydrogens (tertiary/aromatic N) is 2. The molecule has 2 fully saturated rings. The molecule has 1 aromatic heterocycles. The first-order valence-corrected chi connectivity index (χ1v) is 7.45. The summed E-state index contributed by atoms with van der Waals surface area (Å²) in [7, 11) is 0. The molecule has 1 saturated heterocycles. The molecule has 0 unspecified atom stereocenters. The Balaban J connectivity index is 1.37. The van der Waals surface area contributed by atoms with Crippen molar-refractivity contribution in [2.24, 2.45) is 5.92 Å². The molecule has 1 atom stereocenters. The van der Waals surface area contributed by atoms with E-state index >= 15 is 0 Å². The third-order valence-electron chi connectivity index (χ3n) is 3.93. The van der Waals surface area contributed by atoms with Crippen LogP contribution < -0.4 is 10.6 Å². The van der Waals surface area contributed by atoms with Crippen LogP contribution in [0.5, 0.6) is 0 Å². The second-order valence-electron chi connectivity index (χ2n) is 5.64. The zero-order valence-electron chi connectivity index (χ0n) is 11.9. The number of hydrogen-bond donors (Lipinski definition) is 2. The Morgan fingerprint density at radius 2 is 2.24 bits per heavy atom. The van der Waals surface area contributed by atoms with Crippen molar-refractivity contribution in [2.45, 2.75) is 25.3 Å². The van der Waals surface area contributed by atoms with Gasteiger partial charge in [-0.2, -0.15) is 0 Å². The molecule has 1 saturated carbocycles. The normalized spacial score (nSPS) is 21.4. The number of carbonyl (C=O) groups is 2. The van der Waals surface area contributed by atoms with Gasteiger partial charge in [0.25, 0.3) is 0 Å². The molecule has 0 spiro atoms. The van der Waals surface area contributed by atoms with Crippen LogP contribution in [0.25, 0.3) is 0 Å². The molecule has 0 bridgehead atoms. The molecule has 112 valence electrons. The zero-order chi connectivity index (χ0) is 14.7. The molecular formula is C15H20N4O2. The summed E-state index contributed by atoms with van der Waals surface area (Å²) in [6.45, 7) is 1.78. The van der Waals surface area contributed by atoms with E-state index < -0.39 is 0 Å². The number of aromatic nitrogens is 1. The van der Waals surface area contributed by atoms with Crippen LogP contribution in [0.1, 0.15) is 19.3 Å². The number of pyridine rings is 1. The van der Waals surface area contributed by atoms with Gasteiger partial charge in [-0.25, -0.2) is 0 Å². The molecule has 2 N–H and O–H groups in total. The van der Waals surface area contributed by atoms with Gasteiger partial charge in [-0.15, -0.1) is 0 Å². The Hall–Kier alpha value is -2.11. The van der Waals surface area contributed by atoms with E-state index in [9.17, 15) is 9.59 Å². The number of nitrogens with one attached hydrogen (secondary N) is 2. The Morgan fingerprint density at radius 1 is 1.38 bits per heavy atom. The van der Waals surface area contributed by atoms with Crippen LogP contribution in [0.2, 0.25) is 0 Å². The summed E-state index contributed by atoms with van der Waals surface area (Å²) < 4.78 is 0. The smallest absolute Gasteiger partial charge is 0.225 e. The Kier molecular flexibility index (Phi) is 4.03. The van der Waals surface area contributed by atoms with Gasteiger partial charge >= 0.3 is 0 Å². The number of hydrogen-bond acceptors (Lipinski definition) is 4. The second-order valence-corrected chi connectivity index (χ2v) is 5.64. The fourth-order valence-electron chi connectivity index (χ4n) is 2.65. The van der Waals surface area contributed by atoms with Crippen LogP contribution >= 0.6 is 0 Å². The summed E-state index contributed by atoms with van der Waals surface area (Å²) >= 11 is 0. The van der Waals surface area contributed by atoms with Gasteiger partial charge in [0, 0.05) is 44.5 Å². The lowest BCUT2D eigenvalue weighted by Gasteiger charge is -2.15. The van der Waals surface area contributed by atoms with E-state index in [0.717, 1.165) is 18.5 Å². The van der Waals surface area contributed by atoms with Gasteiger partial charge in [-0.05, 0) is 25.0 Å². The SMILES string of the molecule is O=C(NCCNc1cccnc1)[C@H]1CC(=O)N(C2CC2)C1. The molecule has 6 nitrogen and oxygen atoms in total. The molecule has 0 aromatic carbocycles. The van der Waals surface area contributed by atoms with E-state index in [0.29, 0.717) is 32.1 Å². The van der Waals surface area contributed by atoms with Crippen molar-refractivity contribution in [3.63, 3.8) is 0 Å². The number of amides is 2. The van der Waals surface area contributed by atoms with E-state index in [1.54, 1.807) is 12.4 Å². The molecule has 3 rings (SSSR count). The highest BCUT2D eigenvalue weighted by Crippen LogP contribution is 2.32. The summed E-state index contributed by atoms with van der Waals surface area (Å²) in [6, 6.07) is 4.19. The maximum Gasteiger partial charge on any atom is 0.225 e. The average Bonchev–Trinajstić information content (AvgIpc) is 3.27. The van der Waals surface area contributed by atoms with Crippen LogP contribution in [0.3, 0.4) is 0 Å². The van der Waals surface area contributed by atoms with E-state index in [1.165, 1.54) is 0 Å². The summed E-state index contributed by atoms with van der Waals surface area (Å²) in [6.07, 6.45) is 6.00. The van der Waals surface area contributed by atoms with Crippen LogP contribution in [-0.2, 0) is 9.59 Å². The maximum absolute atomic E-state index is 12.1. The summed E-state index contributed by atoms with van der Waals surface area (Å²) in [5.74, 6) is -0.0675. The summed E-state index contributed by atoms with van der Waals surface area (Å²) in [4.78, 5) is 29.8. The zero-order valence-corrected chi connectivity index (χ0v) is 11.9. The second kappa shape index (κ2) is 6.11. The average molecular weight is 288 g/mol. The van der Waals surface area contributed by atoms with Crippen LogP contribution in [-0.4, -0.2) is 47.4 Å². The van der Waals surface area contributed by atoms with Gasteiger partial charge in [0.1, 0.15) is 0 Å². The minimum absolute atomic E-state index is 0.0144. The summed E-state index contributed by atoms with van der Waals surface area (Å²) in [5, 5.41) is 6.08. The van der Waals surface area contributed by atoms with Gasteiger partial charge in [0.2, 0.25) is 11.8 Å². The van der Waals surface area contributed by atoms with E-state index in [4.69, 9.17) is 0 Å². The van der Waals surface area contributed by atoms with E-state index in [-0.39, 0.29) is 17.7 Å². The molecule has 21 heavy (non-hydrogen) atoms. The highest BCUT2D eigenvalue weighted by Gasteiger charge is 2.41. The molecule has 0 radical (unpaired) electrons. The van der Waals surface area contributed by atoms with Gasteiger partial charge in [-0.1, -0.05) is 0 Å². The van der Waals surface area contributed by atoms with E-state index in [1.807, 2.05) is 17.0 Å². The minimum atomic E-state index is -0.184. The quantitative estimate of drug-likeness (QED) is 0.753. The number of carbonyl (C=O) groups excluding carboxylic acids is 2. The molecule has 2 aliphatic rings. The fraction of sp³-hybridized carbons (Fsp3) is 0.533. The van der Waals surface area contributed by atoms with Crippen LogP contribution in [0.15, 0.2) is 24.5 Å². The first-order chi connectivity index (χ1) is 10.2. The Morgan fingerprint density at radius 3 is 2.95 bits per heavy atom. The lowest BCUT2D eigenvalue weighted by atomic mass is 10.1. The minimum Gasteiger partial charge on any atom is -0.382 e. The van der Waals surface area contributed by atoms with Crippen molar-refractivity contribution in [1.29, 1.82) is 0 Å². The highest BCUT2D eigenvalue weighted by molar-refractivity contribution is 5.89. The molecule has 1 aromatic rings. The highest BCUT2D eigenvalue weighted by atomic mass is 16.2. The largest absolute Gasteiger partial charge is 0.382 e. The first-order valence-electron chi connectivity index (χ1n) is 7.45. The number of anilines is 1. The molecule has 1 aliphatic heterocycles. The molecule has 2 amide bonds. The first kappa shape index (κ1) is 13.9. The predicted molar refractivity (Wildman–Crippen MR) is 78.6 cm³/mol. The van der Waals surface area contributed by atoms with Gasteiger partial charge in [0.05, 0.1) is 11.6 Å². The standard InChI is InChI=1S/C15H20N4O2/c20-14-8-11(10-19(14)13-3-4-13)15(21)18-7-6-17-12-2-1-5-16-9-12/h1-2,5,9,11,13,17H,3-4,6-8,10H2,(H,18,21)/t11-/m0/s1. The van der Waals surface area contributed by atoms with Crippen molar-refractivity contribution < 1.29 is 9.59 Å². The van der Waals surface area contributed by atoms with Crippen molar-refractivity contribution in [2.75, 3.05) is 25.0 Å². The number of rotatable bonds is 6. The number of likely N-dealkylation sites (tertiary alicyclic amines) is 1. The topological polar surface area (TPSA) is 74.3 Å². The van der Waals surface area contributed by atoms with Gasteiger partial charge < -0.3 is 15.5 Å². The predicted octanol–water partition coefficient (Wildman–Crippen LogP) is 0.621. The molecule has 1 aliphatic carbocycles. The molecular weight excluding hydrogens is 268 g/mol. The Bertz CT molecular complexity index is 516. The van der Waals surface area contributed by atoms with Crippen molar-refractivity contribution >= 4 is 17.5 Å². The van der Waals surface area contributed by atoms with Crippen LogP contribution in [0, 0.1) is 5.92 Å². The monoisotopic (exact) mass is 288 g/mol. The fourth-order valence-corrected chi connectivity index (χ4v) is 2.65. The Labute approximate surface area is 123 Å². The van der Waals surface area contributed by atoms with E-state index in [2.05, 4.69) is 15.6 Å². The third-order valence-corrected chi connectivity index (χ3v) is 3.93. The summed E-state index contributed by atoms with van der Waals surface area (Å²) in [5.41, 5.74) is 0.933. The van der Waals surface area contributed by atoms with Crippen molar-refractivity contribution in [3.05, 3.63) is 24.5 Å². The lowest BCUT2D eigenvalue weighted by molar-refractivity contribution is -0.129. The van der Waals surface area contributed by atoms with Crippen molar-refractivity contribution in [1.82, 2.24) is 15.2 Å². The molecule has 6 heteroatoms.